The predicted molar refractivity (Wildman–Crippen MR) is 55.6 cm³/mol. The first kappa shape index (κ1) is 10.7. The zero-order chi connectivity index (χ0) is 9.84. The standard InChI is InChI=1S/C10H13BrO2/c1-7(13)10-8(5-6-12)3-2-4-9(10)11/h2-4,7,12-13H,5-6H2,1H3. The number of aliphatic hydroxyl groups excluding tert-OH is 2. The summed E-state index contributed by atoms with van der Waals surface area (Å²) in [5, 5.41) is 18.3. The zero-order valence-electron chi connectivity index (χ0n) is 7.50. The van der Waals surface area contributed by atoms with Crippen LogP contribution in [0.4, 0.5) is 0 Å². The monoisotopic (exact) mass is 244 g/mol. The van der Waals surface area contributed by atoms with Gasteiger partial charge in [0.25, 0.3) is 0 Å². The van der Waals surface area contributed by atoms with E-state index in [2.05, 4.69) is 15.9 Å². The Labute approximate surface area is 86.3 Å². The minimum Gasteiger partial charge on any atom is -0.396 e. The third-order valence-corrected chi connectivity index (χ3v) is 2.63. The Bertz CT molecular complexity index is 284. The molecule has 0 bridgehead atoms. The highest BCUT2D eigenvalue weighted by Crippen LogP contribution is 2.27. The van der Waals surface area contributed by atoms with Crippen LogP contribution in [0.5, 0.6) is 0 Å². The van der Waals surface area contributed by atoms with E-state index in [1.807, 2.05) is 18.2 Å². The smallest absolute Gasteiger partial charge is 0.0775 e. The van der Waals surface area contributed by atoms with Crippen molar-refractivity contribution in [2.75, 3.05) is 6.61 Å². The molecule has 0 saturated carbocycles. The molecule has 0 radical (unpaired) electrons. The van der Waals surface area contributed by atoms with Gasteiger partial charge < -0.3 is 10.2 Å². The molecule has 2 N–H and O–H groups in total. The fourth-order valence-corrected chi connectivity index (χ4v) is 2.13. The summed E-state index contributed by atoms with van der Waals surface area (Å²) in [6, 6.07) is 5.72. The summed E-state index contributed by atoms with van der Waals surface area (Å²) in [5.74, 6) is 0. The highest BCUT2D eigenvalue weighted by Gasteiger charge is 2.10. The van der Waals surface area contributed by atoms with Gasteiger partial charge in [0.1, 0.15) is 0 Å². The van der Waals surface area contributed by atoms with E-state index in [9.17, 15) is 5.11 Å². The van der Waals surface area contributed by atoms with Gasteiger partial charge in [-0.05, 0) is 30.5 Å². The van der Waals surface area contributed by atoms with E-state index in [0.717, 1.165) is 15.6 Å². The summed E-state index contributed by atoms with van der Waals surface area (Å²) in [7, 11) is 0. The summed E-state index contributed by atoms with van der Waals surface area (Å²) >= 11 is 3.38. The topological polar surface area (TPSA) is 40.5 Å². The van der Waals surface area contributed by atoms with E-state index in [4.69, 9.17) is 5.11 Å². The summed E-state index contributed by atoms with van der Waals surface area (Å²) in [6.45, 7) is 1.83. The summed E-state index contributed by atoms with van der Waals surface area (Å²) in [4.78, 5) is 0. The maximum absolute atomic E-state index is 9.50. The van der Waals surface area contributed by atoms with Crippen molar-refractivity contribution in [3.63, 3.8) is 0 Å². The van der Waals surface area contributed by atoms with Gasteiger partial charge in [0.05, 0.1) is 6.10 Å². The van der Waals surface area contributed by atoms with Gasteiger partial charge in [-0.3, -0.25) is 0 Å². The minimum atomic E-state index is -0.503. The second kappa shape index (κ2) is 4.74. The molecular formula is C10H13BrO2. The molecule has 1 atom stereocenters. The molecule has 1 unspecified atom stereocenters. The van der Waals surface area contributed by atoms with Gasteiger partial charge in [0.2, 0.25) is 0 Å². The molecule has 0 saturated heterocycles. The van der Waals surface area contributed by atoms with Gasteiger partial charge in [0.15, 0.2) is 0 Å². The molecule has 0 aromatic heterocycles. The number of halogens is 1. The fourth-order valence-electron chi connectivity index (χ4n) is 1.39. The van der Waals surface area contributed by atoms with Crippen LogP contribution in [0.1, 0.15) is 24.2 Å². The van der Waals surface area contributed by atoms with Crippen molar-refractivity contribution in [1.29, 1.82) is 0 Å². The second-order valence-electron chi connectivity index (χ2n) is 2.96. The van der Waals surface area contributed by atoms with Crippen LogP contribution in [0.2, 0.25) is 0 Å². The van der Waals surface area contributed by atoms with E-state index in [0.29, 0.717) is 6.42 Å². The van der Waals surface area contributed by atoms with E-state index in [1.54, 1.807) is 6.92 Å². The van der Waals surface area contributed by atoms with Crippen molar-refractivity contribution in [1.82, 2.24) is 0 Å². The van der Waals surface area contributed by atoms with Crippen molar-refractivity contribution in [2.24, 2.45) is 0 Å². The lowest BCUT2D eigenvalue weighted by Gasteiger charge is -2.12. The van der Waals surface area contributed by atoms with Gasteiger partial charge in [-0.1, -0.05) is 28.1 Å². The van der Waals surface area contributed by atoms with Crippen molar-refractivity contribution in [3.8, 4) is 0 Å². The molecule has 0 aliphatic carbocycles. The van der Waals surface area contributed by atoms with Crippen LogP contribution < -0.4 is 0 Å². The van der Waals surface area contributed by atoms with E-state index in [1.165, 1.54) is 0 Å². The van der Waals surface area contributed by atoms with Crippen LogP contribution in [-0.2, 0) is 6.42 Å². The first-order valence-corrected chi connectivity index (χ1v) is 5.02. The van der Waals surface area contributed by atoms with Crippen molar-refractivity contribution >= 4 is 15.9 Å². The Morgan fingerprint density at radius 2 is 2.15 bits per heavy atom. The lowest BCUT2D eigenvalue weighted by Crippen LogP contribution is -2.01. The van der Waals surface area contributed by atoms with Gasteiger partial charge in [-0.25, -0.2) is 0 Å². The van der Waals surface area contributed by atoms with Crippen LogP contribution >= 0.6 is 15.9 Å². The molecule has 1 rings (SSSR count). The molecule has 0 fully saturated rings. The molecule has 0 aliphatic heterocycles. The fraction of sp³-hybridized carbons (Fsp3) is 0.400. The highest BCUT2D eigenvalue weighted by molar-refractivity contribution is 9.10. The Morgan fingerprint density at radius 3 is 2.69 bits per heavy atom. The quantitative estimate of drug-likeness (QED) is 0.855. The van der Waals surface area contributed by atoms with Crippen LogP contribution in [0.25, 0.3) is 0 Å². The van der Waals surface area contributed by atoms with Gasteiger partial charge >= 0.3 is 0 Å². The summed E-state index contributed by atoms with van der Waals surface area (Å²) in [5.41, 5.74) is 1.86. The first-order chi connectivity index (χ1) is 6.16. The van der Waals surface area contributed by atoms with E-state index < -0.39 is 6.10 Å². The SMILES string of the molecule is CC(O)c1c(Br)cccc1CCO. The van der Waals surface area contributed by atoms with Gasteiger partial charge in [-0.15, -0.1) is 0 Å². The van der Waals surface area contributed by atoms with Crippen LogP contribution in [0.3, 0.4) is 0 Å². The summed E-state index contributed by atoms with van der Waals surface area (Å²) < 4.78 is 0.897. The molecule has 0 heterocycles. The molecule has 13 heavy (non-hydrogen) atoms. The average molecular weight is 245 g/mol. The largest absolute Gasteiger partial charge is 0.396 e. The normalized spacial score (nSPS) is 12.9. The Kier molecular flexibility index (Phi) is 3.90. The first-order valence-electron chi connectivity index (χ1n) is 4.23. The third-order valence-electron chi connectivity index (χ3n) is 1.94. The predicted octanol–water partition coefficient (Wildman–Crippen LogP) is 2.04. The zero-order valence-corrected chi connectivity index (χ0v) is 9.08. The molecule has 3 heteroatoms. The second-order valence-corrected chi connectivity index (χ2v) is 3.82. The minimum absolute atomic E-state index is 0.107. The van der Waals surface area contributed by atoms with Crippen molar-refractivity contribution < 1.29 is 10.2 Å². The summed E-state index contributed by atoms with van der Waals surface area (Å²) in [6.07, 6.45) is 0.0803. The van der Waals surface area contributed by atoms with Crippen LogP contribution in [-0.4, -0.2) is 16.8 Å². The number of hydrogen-bond donors (Lipinski definition) is 2. The highest BCUT2D eigenvalue weighted by atomic mass is 79.9. The molecule has 2 nitrogen and oxygen atoms in total. The third kappa shape index (κ3) is 2.53. The van der Waals surface area contributed by atoms with Crippen LogP contribution in [0.15, 0.2) is 22.7 Å². The van der Waals surface area contributed by atoms with Gasteiger partial charge in [-0.2, -0.15) is 0 Å². The van der Waals surface area contributed by atoms with Crippen molar-refractivity contribution in [3.05, 3.63) is 33.8 Å². The molecule has 1 aromatic rings. The Hall–Kier alpha value is -0.380. The lowest BCUT2D eigenvalue weighted by molar-refractivity contribution is 0.196. The lowest BCUT2D eigenvalue weighted by atomic mass is 10.0. The molecule has 0 amide bonds. The van der Waals surface area contributed by atoms with E-state index in [-0.39, 0.29) is 6.61 Å². The number of benzene rings is 1. The maximum atomic E-state index is 9.50. The number of hydrogen-bond acceptors (Lipinski definition) is 2. The van der Waals surface area contributed by atoms with Crippen LogP contribution in [0, 0.1) is 0 Å². The number of aliphatic hydroxyl groups is 2. The van der Waals surface area contributed by atoms with E-state index >= 15 is 0 Å². The van der Waals surface area contributed by atoms with Crippen molar-refractivity contribution in [2.45, 2.75) is 19.4 Å². The van der Waals surface area contributed by atoms with Gasteiger partial charge in [0, 0.05) is 11.1 Å². The molecule has 0 aliphatic rings. The number of rotatable bonds is 3. The molecule has 72 valence electrons. The average Bonchev–Trinajstić information content (AvgIpc) is 2.04. The molecular weight excluding hydrogens is 232 g/mol. The molecule has 0 spiro atoms. The maximum Gasteiger partial charge on any atom is 0.0775 e. The molecule has 1 aromatic carbocycles. The Balaban J connectivity index is 3.10. The Morgan fingerprint density at radius 1 is 1.46 bits per heavy atom.